The van der Waals surface area contributed by atoms with E-state index in [4.69, 9.17) is 4.74 Å². The molecule has 1 unspecified atom stereocenters. The number of nitrogens with zero attached hydrogens (tertiary/aromatic N) is 1. The van der Waals surface area contributed by atoms with E-state index in [1.807, 2.05) is 6.07 Å². The monoisotopic (exact) mass is 335 g/mol. The molecule has 0 heterocycles. The molecule has 132 valence electrons. The molecule has 1 atom stereocenters. The molecule has 0 aromatic heterocycles. The van der Waals surface area contributed by atoms with E-state index in [-0.39, 0.29) is 56.6 Å². The summed E-state index contributed by atoms with van der Waals surface area (Å²) in [4.78, 5) is 37.2. The molecular formula is C18H25NO5. The number of esters is 1. The fourth-order valence-electron chi connectivity index (χ4n) is 2.24. The predicted molar refractivity (Wildman–Crippen MR) is 89.5 cm³/mol. The molecule has 24 heavy (non-hydrogen) atoms. The summed E-state index contributed by atoms with van der Waals surface area (Å²) in [6.07, 6.45) is -0.498. The Morgan fingerprint density at radius 2 is 1.79 bits per heavy atom. The molecular weight excluding hydrogens is 310 g/mol. The smallest absolute Gasteiger partial charge is 0.307 e. The number of aliphatic hydroxyl groups excluding tert-OH is 1. The maximum atomic E-state index is 12.3. The van der Waals surface area contributed by atoms with Crippen molar-refractivity contribution in [3.8, 4) is 0 Å². The Morgan fingerprint density at radius 3 is 2.38 bits per heavy atom. The first-order chi connectivity index (χ1) is 11.4. The van der Waals surface area contributed by atoms with Crippen LogP contribution in [-0.2, 0) is 14.3 Å². The van der Waals surface area contributed by atoms with Gasteiger partial charge in [-0.05, 0) is 13.8 Å². The molecule has 0 saturated heterocycles. The SMILES string of the molecule is CCOC(=O)CCN(CC(C)O)C(=O)CCC(=O)c1ccccc1. The zero-order chi connectivity index (χ0) is 17.9. The average molecular weight is 335 g/mol. The minimum atomic E-state index is -0.707. The van der Waals surface area contributed by atoms with E-state index in [2.05, 4.69) is 0 Å². The highest BCUT2D eigenvalue weighted by atomic mass is 16.5. The average Bonchev–Trinajstić information content (AvgIpc) is 2.56. The predicted octanol–water partition coefficient (Wildman–Crippen LogP) is 1.81. The van der Waals surface area contributed by atoms with Crippen LogP contribution in [-0.4, -0.2) is 53.5 Å². The molecule has 0 aliphatic heterocycles. The summed E-state index contributed by atoms with van der Waals surface area (Å²) in [5.74, 6) is -0.753. The highest BCUT2D eigenvalue weighted by Gasteiger charge is 2.18. The lowest BCUT2D eigenvalue weighted by Gasteiger charge is -2.23. The van der Waals surface area contributed by atoms with Crippen LogP contribution in [0.4, 0.5) is 0 Å². The fraction of sp³-hybridized carbons (Fsp3) is 0.500. The van der Waals surface area contributed by atoms with Crippen LogP contribution in [0.5, 0.6) is 0 Å². The number of rotatable bonds is 10. The Labute approximate surface area is 142 Å². The third kappa shape index (κ3) is 7.37. The number of carbonyl (C=O) groups is 3. The molecule has 1 rings (SSSR count). The van der Waals surface area contributed by atoms with E-state index in [0.717, 1.165) is 0 Å². The number of amides is 1. The third-order valence-corrected chi connectivity index (χ3v) is 3.39. The van der Waals surface area contributed by atoms with Crippen LogP contribution < -0.4 is 0 Å². The standard InChI is InChI=1S/C18H25NO5/c1-3-24-18(23)11-12-19(13-14(2)20)17(22)10-9-16(21)15-7-5-4-6-8-15/h4-8,14,20H,3,9-13H2,1-2H3. The van der Waals surface area contributed by atoms with Gasteiger partial charge in [0, 0.05) is 31.5 Å². The van der Waals surface area contributed by atoms with Crippen molar-refractivity contribution < 1.29 is 24.2 Å². The molecule has 0 fully saturated rings. The summed E-state index contributed by atoms with van der Waals surface area (Å²) < 4.78 is 4.84. The first-order valence-electron chi connectivity index (χ1n) is 8.13. The van der Waals surface area contributed by atoms with Crippen molar-refractivity contribution in [2.45, 2.75) is 39.2 Å². The van der Waals surface area contributed by atoms with Gasteiger partial charge in [-0.25, -0.2) is 0 Å². The van der Waals surface area contributed by atoms with Crippen molar-refractivity contribution >= 4 is 17.7 Å². The lowest BCUT2D eigenvalue weighted by molar-refractivity contribution is -0.144. The molecule has 0 saturated carbocycles. The zero-order valence-corrected chi connectivity index (χ0v) is 14.2. The van der Waals surface area contributed by atoms with E-state index >= 15 is 0 Å². The van der Waals surface area contributed by atoms with E-state index in [9.17, 15) is 19.5 Å². The van der Waals surface area contributed by atoms with E-state index in [0.29, 0.717) is 5.56 Å². The molecule has 0 radical (unpaired) electrons. The van der Waals surface area contributed by atoms with Gasteiger partial charge in [0.2, 0.25) is 5.91 Å². The molecule has 6 nitrogen and oxygen atoms in total. The molecule has 6 heteroatoms. The van der Waals surface area contributed by atoms with E-state index < -0.39 is 6.10 Å². The maximum Gasteiger partial charge on any atom is 0.307 e. The number of carbonyl (C=O) groups excluding carboxylic acids is 3. The van der Waals surface area contributed by atoms with Crippen LogP contribution in [0, 0.1) is 0 Å². The Morgan fingerprint density at radius 1 is 1.12 bits per heavy atom. The number of Topliss-reactive ketones (excluding diaryl/α,β-unsaturated/α-hetero) is 1. The van der Waals surface area contributed by atoms with Gasteiger partial charge >= 0.3 is 5.97 Å². The lowest BCUT2D eigenvalue weighted by atomic mass is 10.1. The van der Waals surface area contributed by atoms with Crippen LogP contribution in [0.15, 0.2) is 30.3 Å². The second-order valence-corrected chi connectivity index (χ2v) is 5.53. The van der Waals surface area contributed by atoms with Crippen molar-refractivity contribution in [1.29, 1.82) is 0 Å². The topological polar surface area (TPSA) is 83.9 Å². The van der Waals surface area contributed by atoms with Gasteiger partial charge in [-0.15, -0.1) is 0 Å². The van der Waals surface area contributed by atoms with Crippen LogP contribution >= 0.6 is 0 Å². The van der Waals surface area contributed by atoms with E-state index in [1.165, 1.54) is 4.90 Å². The third-order valence-electron chi connectivity index (χ3n) is 3.39. The van der Waals surface area contributed by atoms with Crippen LogP contribution in [0.3, 0.4) is 0 Å². The van der Waals surface area contributed by atoms with Gasteiger partial charge in [-0.2, -0.15) is 0 Å². The van der Waals surface area contributed by atoms with Crippen molar-refractivity contribution in [1.82, 2.24) is 4.90 Å². The van der Waals surface area contributed by atoms with Crippen molar-refractivity contribution in [3.63, 3.8) is 0 Å². The minimum Gasteiger partial charge on any atom is -0.466 e. The van der Waals surface area contributed by atoms with Gasteiger partial charge < -0.3 is 14.7 Å². The normalized spacial score (nSPS) is 11.6. The van der Waals surface area contributed by atoms with Crippen LogP contribution in [0.1, 0.15) is 43.5 Å². The molecule has 1 N–H and O–H groups in total. The van der Waals surface area contributed by atoms with Crippen LogP contribution in [0.25, 0.3) is 0 Å². The van der Waals surface area contributed by atoms with Gasteiger partial charge in [-0.3, -0.25) is 14.4 Å². The van der Waals surface area contributed by atoms with E-state index in [1.54, 1.807) is 38.1 Å². The minimum absolute atomic E-state index is 0.0449. The maximum absolute atomic E-state index is 12.3. The highest BCUT2D eigenvalue weighted by molar-refractivity contribution is 5.97. The summed E-state index contributed by atoms with van der Waals surface area (Å²) in [7, 11) is 0. The van der Waals surface area contributed by atoms with Crippen molar-refractivity contribution in [2.75, 3.05) is 19.7 Å². The molecule has 1 aromatic carbocycles. The summed E-state index contributed by atoms with van der Waals surface area (Å²) >= 11 is 0. The summed E-state index contributed by atoms with van der Waals surface area (Å²) in [5.41, 5.74) is 0.568. The Hall–Kier alpha value is -2.21. The summed E-state index contributed by atoms with van der Waals surface area (Å²) in [6, 6.07) is 8.78. The number of benzene rings is 1. The first-order valence-corrected chi connectivity index (χ1v) is 8.13. The molecule has 0 spiro atoms. The van der Waals surface area contributed by atoms with Gasteiger partial charge in [0.1, 0.15) is 0 Å². The lowest BCUT2D eigenvalue weighted by Crippen LogP contribution is -2.38. The summed E-state index contributed by atoms with van der Waals surface area (Å²) in [5, 5.41) is 9.52. The van der Waals surface area contributed by atoms with Gasteiger partial charge in [0.05, 0.1) is 19.1 Å². The largest absolute Gasteiger partial charge is 0.466 e. The van der Waals surface area contributed by atoms with Gasteiger partial charge in [0.15, 0.2) is 5.78 Å². The molecule has 1 amide bonds. The molecule has 1 aromatic rings. The second-order valence-electron chi connectivity index (χ2n) is 5.53. The Balaban J connectivity index is 2.54. The number of hydrogen-bond donors (Lipinski definition) is 1. The fourth-order valence-corrected chi connectivity index (χ4v) is 2.24. The highest BCUT2D eigenvalue weighted by Crippen LogP contribution is 2.08. The number of ketones is 1. The Kier molecular flexibility index (Phi) is 8.71. The second kappa shape index (κ2) is 10.5. The number of ether oxygens (including phenoxy) is 1. The van der Waals surface area contributed by atoms with Crippen LogP contribution in [0.2, 0.25) is 0 Å². The molecule has 0 aliphatic rings. The quantitative estimate of drug-likeness (QED) is 0.521. The zero-order valence-electron chi connectivity index (χ0n) is 14.2. The van der Waals surface area contributed by atoms with Gasteiger partial charge in [0.25, 0.3) is 0 Å². The molecule has 0 bridgehead atoms. The molecule has 0 aliphatic carbocycles. The summed E-state index contributed by atoms with van der Waals surface area (Å²) in [6.45, 7) is 3.86. The van der Waals surface area contributed by atoms with Crippen molar-refractivity contribution in [3.05, 3.63) is 35.9 Å². The van der Waals surface area contributed by atoms with Gasteiger partial charge in [-0.1, -0.05) is 30.3 Å². The first kappa shape index (κ1) is 19.8. The van der Waals surface area contributed by atoms with Crippen molar-refractivity contribution in [2.24, 2.45) is 0 Å². The Bertz CT molecular complexity index is 542. The number of aliphatic hydroxyl groups is 1. The number of hydrogen-bond acceptors (Lipinski definition) is 5.